The average Bonchev–Trinajstić information content (AvgIpc) is 2.64. The van der Waals surface area contributed by atoms with Crippen molar-refractivity contribution in [2.75, 3.05) is 17.7 Å². The number of benzene rings is 2. The molecule has 0 aliphatic carbocycles. The van der Waals surface area contributed by atoms with Gasteiger partial charge in [0, 0.05) is 17.4 Å². The number of rotatable bonds is 5. The van der Waals surface area contributed by atoms with Crippen LogP contribution < -0.4 is 10.6 Å². The van der Waals surface area contributed by atoms with Gasteiger partial charge in [0.05, 0.1) is 12.7 Å². The number of esters is 1. The molecule has 0 unspecified atom stereocenters. The zero-order valence-electron chi connectivity index (χ0n) is 14.9. The van der Waals surface area contributed by atoms with Crippen LogP contribution in [0, 0.1) is 17.0 Å². The highest BCUT2D eigenvalue weighted by Crippen LogP contribution is 2.23. The SMILES string of the molecule is COC(=O)c1ccc(NC(=O)C(C)(C)C(=O)Nc2ccc(F)c(F)c2)cc1. The van der Waals surface area contributed by atoms with Gasteiger partial charge < -0.3 is 15.4 Å². The van der Waals surface area contributed by atoms with Crippen molar-refractivity contribution in [2.45, 2.75) is 13.8 Å². The fraction of sp³-hybridized carbons (Fsp3) is 0.211. The Hall–Kier alpha value is -3.29. The molecule has 27 heavy (non-hydrogen) atoms. The number of hydrogen-bond donors (Lipinski definition) is 2. The van der Waals surface area contributed by atoms with E-state index in [1.165, 1.54) is 51.3 Å². The molecule has 0 radical (unpaired) electrons. The van der Waals surface area contributed by atoms with Gasteiger partial charge in [0.1, 0.15) is 5.41 Å². The molecule has 2 amide bonds. The number of methoxy groups -OCH3 is 1. The predicted octanol–water partition coefficient (Wildman–Crippen LogP) is 3.35. The van der Waals surface area contributed by atoms with Gasteiger partial charge in [-0.25, -0.2) is 13.6 Å². The number of carbonyl (C=O) groups is 3. The molecule has 0 heterocycles. The highest BCUT2D eigenvalue weighted by molar-refractivity contribution is 6.14. The highest BCUT2D eigenvalue weighted by atomic mass is 19.2. The van der Waals surface area contributed by atoms with Crippen molar-refractivity contribution in [3.63, 3.8) is 0 Å². The van der Waals surface area contributed by atoms with Crippen LogP contribution in [0.3, 0.4) is 0 Å². The third kappa shape index (κ3) is 4.66. The minimum Gasteiger partial charge on any atom is -0.465 e. The van der Waals surface area contributed by atoms with E-state index in [-0.39, 0.29) is 5.69 Å². The fourth-order valence-electron chi connectivity index (χ4n) is 2.06. The van der Waals surface area contributed by atoms with Crippen molar-refractivity contribution < 1.29 is 27.9 Å². The van der Waals surface area contributed by atoms with Crippen LogP contribution in [0.2, 0.25) is 0 Å². The molecule has 0 saturated carbocycles. The van der Waals surface area contributed by atoms with Gasteiger partial charge >= 0.3 is 5.97 Å². The molecule has 0 atom stereocenters. The van der Waals surface area contributed by atoms with Crippen molar-refractivity contribution in [3.8, 4) is 0 Å². The minimum absolute atomic E-state index is 0.0298. The van der Waals surface area contributed by atoms with Crippen LogP contribution in [0.15, 0.2) is 42.5 Å². The Morgan fingerprint density at radius 1 is 0.852 bits per heavy atom. The zero-order chi connectivity index (χ0) is 20.2. The van der Waals surface area contributed by atoms with E-state index in [4.69, 9.17) is 0 Å². The van der Waals surface area contributed by atoms with Crippen LogP contribution in [-0.2, 0) is 14.3 Å². The molecular weight excluding hydrogens is 358 g/mol. The lowest BCUT2D eigenvalue weighted by molar-refractivity contribution is -0.135. The quantitative estimate of drug-likeness (QED) is 0.619. The summed E-state index contributed by atoms with van der Waals surface area (Å²) in [6, 6.07) is 8.82. The summed E-state index contributed by atoms with van der Waals surface area (Å²) in [5.41, 5.74) is -0.791. The molecule has 142 valence electrons. The van der Waals surface area contributed by atoms with E-state index in [0.29, 0.717) is 11.3 Å². The maximum Gasteiger partial charge on any atom is 0.337 e. The molecule has 8 heteroatoms. The number of nitrogens with one attached hydrogen (secondary N) is 2. The fourth-order valence-corrected chi connectivity index (χ4v) is 2.06. The summed E-state index contributed by atoms with van der Waals surface area (Å²) in [4.78, 5) is 36.3. The molecule has 0 bridgehead atoms. The Morgan fingerprint density at radius 3 is 1.89 bits per heavy atom. The van der Waals surface area contributed by atoms with E-state index in [0.717, 1.165) is 12.1 Å². The topological polar surface area (TPSA) is 84.5 Å². The summed E-state index contributed by atoms with van der Waals surface area (Å²) in [5, 5.41) is 4.95. The normalized spacial score (nSPS) is 10.9. The molecule has 2 aromatic carbocycles. The van der Waals surface area contributed by atoms with Crippen LogP contribution >= 0.6 is 0 Å². The lowest BCUT2D eigenvalue weighted by Crippen LogP contribution is -2.41. The van der Waals surface area contributed by atoms with Crippen LogP contribution in [0.1, 0.15) is 24.2 Å². The Bertz CT molecular complexity index is 880. The molecule has 2 N–H and O–H groups in total. The summed E-state index contributed by atoms with van der Waals surface area (Å²) < 4.78 is 30.8. The van der Waals surface area contributed by atoms with Gasteiger partial charge in [-0.1, -0.05) is 0 Å². The molecule has 0 aliphatic rings. The summed E-state index contributed by atoms with van der Waals surface area (Å²) in [7, 11) is 1.26. The first-order chi connectivity index (χ1) is 12.6. The largest absolute Gasteiger partial charge is 0.465 e. The van der Waals surface area contributed by atoms with E-state index >= 15 is 0 Å². The Labute approximate surface area is 154 Å². The lowest BCUT2D eigenvalue weighted by Gasteiger charge is -2.23. The third-order valence-corrected chi connectivity index (χ3v) is 3.88. The zero-order valence-corrected chi connectivity index (χ0v) is 14.9. The van der Waals surface area contributed by atoms with Crippen molar-refractivity contribution >= 4 is 29.2 Å². The second-order valence-corrected chi connectivity index (χ2v) is 6.23. The van der Waals surface area contributed by atoms with Gasteiger partial charge in [-0.05, 0) is 50.2 Å². The number of hydrogen-bond acceptors (Lipinski definition) is 4. The number of anilines is 2. The summed E-state index contributed by atoms with van der Waals surface area (Å²) >= 11 is 0. The summed E-state index contributed by atoms with van der Waals surface area (Å²) in [6.45, 7) is 2.78. The minimum atomic E-state index is -1.51. The number of halogens is 2. The molecular formula is C19H18F2N2O4. The van der Waals surface area contributed by atoms with Gasteiger partial charge in [0.15, 0.2) is 11.6 Å². The molecule has 2 aromatic rings. The molecule has 0 fully saturated rings. The molecule has 0 saturated heterocycles. The van der Waals surface area contributed by atoms with E-state index in [1.54, 1.807) is 0 Å². The molecule has 0 aromatic heterocycles. The van der Waals surface area contributed by atoms with Crippen LogP contribution in [0.25, 0.3) is 0 Å². The number of carbonyl (C=O) groups excluding carboxylic acids is 3. The molecule has 0 aliphatic heterocycles. The van der Waals surface area contributed by atoms with E-state index in [1.807, 2.05) is 0 Å². The van der Waals surface area contributed by atoms with Gasteiger partial charge in [0.2, 0.25) is 11.8 Å². The van der Waals surface area contributed by atoms with Gasteiger partial charge in [-0.15, -0.1) is 0 Å². The predicted molar refractivity (Wildman–Crippen MR) is 95.2 cm³/mol. The second kappa shape index (κ2) is 7.94. The molecule has 2 rings (SSSR count). The van der Waals surface area contributed by atoms with Gasteiger partial charge in [-0.2, -0.15) is 0 Å². The van der Waals surface area contributed by atoms with E-state index in [2.05, 4.69) is 15.4 Å². The summed E-state index contributed by atoms with van der Waals surface area (Å²) in [6.07, 6.45) is 0. The van der Waals surface area contributed by atoms with Gasteiger partial charge in [-0.3, -0.25) is 9.59 Å². The van der Waals surface area contributed by atoms with E-state index < -0.39 is 34.8 Å². The van der Waals surface area contributed by atoms with Crippen molar-refractivity contribution in [2.24, 2.45) is 5.41 Å². The molecule has 6 nitrogen and oxygen atoms in total. The van der Waals surface area contributed by atoms with Crippen molar-refractivity contribution in [1.82, 2.24) is 0 Å². The summed E-state index contributed by atoms with van der Waals surface area (Å²) in [5.74, 6) is -3.98. The first-order valence-electron chi connectivity index (χ1n) is 7.91. The molecule has 0 spiro atoms. The monoisotopic (exact) mass is 376 g/mol. The smallest absolute Gasteiger partial charge is 0.337 e. The van der Waals surface area contributed by atoms with E-state index in [9.17, 15) is 23.2 Å². The Balaban J connectivity index is 2.07. The van der Waals surface area contributed by atoms with Crippen LogP contribution in [-0.4, -0.2) is 24.9 Å². The first kappa shape index (κ1) is 20.0. The standard InChI is InChI=1S/C19H18F2N2O4/c1-19(2,18(26)23-13-8-9-14(20)15(21)10-13)17(25)22-12-6-4-11(5-7-12)16(24)27-3/h4-10H,1-3H3,(H,22,25)(H,23,26). The van der Waals surface area contributed by atoms with Crippen LogP contribution in [0.4, 0.5) is 20.2 Å². The Morgan fingerprint density at radius 2 is 1.37 bits per heavy atom. The number of amides is 2. The third-order valence-electron chi connectivity index (χ3n) is 3.88. The first-order valence-corrected chi connectivity index (χ1v) is 7.91. The van der Waals surface area contributed by atoms with Crippen molar-refractivity contribution in [3.05, 3.63) is 59.7 Å². The Kier molecular flexibility index (Phi) is 5.89. The highest BCUT2D eigenvalue weighted by Gasteiger charge is 2.36. The maximum atomic E-state index is 13.2. The second-order valence-electron chi connectivity index (χ2n) is 6.23. The number of ether oxygens (including phenoxy) is 1. The lowest BCUT2D eigenvalue weighted by atomic mass is 9.90. The van der Waals surface area contributed by atoms with Crippen LogP contribution in [0.5, 0.6) is 0 Å². The maximum absolute atomic E-state index is 13.2. The van der Waals surface area contributed by atoms with Crippen molar-refractivity contribution in [1.29, 1.82) is 0 Å². The van der Waals surface area contributed by atoms with Gasteiger partial charge in [0.25, 0.3) is 0 Å². The average molecular weight is 376 g/mol.